The van der Waals surface area contributed by atoms with Crippen molar-refractivity contribution in [2.75, 3.05) is 18.8 Å². The summed E-state index contributed by atoms with van der Waals surface area (Å²) < 4.78 is 2.31. The van der Waals surface area contributed by atoms with Crippen molar-refractivity contribution < 1.29 is 4.79 Å². The van der Waals surface area contributed by atoms with E-state index in [2.05, 4.69) is 47.7 Å². The van der Waals surface area contributed by atoms with E-state index >= 15 is 0 Å². The van der Waals surface area contributed by atoms with Gasteiger partial charge in [0.15, 0.2) is 5.82 Å². The predicted molar refractivity (Wildman–Crippen MR) is 131 cm³/mol. The van der Waals surface area contributed by atoms with Crippen LogP contribution in [0.1, 0.15) is 64.2 Å². The average Bonchev–Trinajstić information content (AvgIpc) is 3.48. The Morgan fingerprint density at radius 3 is 2.85 bits per heavy atom. The molecular weight excluding hydrogens is 414 g/mol. The van der Waals surface area contributed by atoms with Crippen LogP contribution in [0.15, 0.2) is 30.5 Å². The highest BCUT2D eigenvalue weighted by atomic mass is 16.2. The van der Waals surface area contributed by atoms with E-state index in [1.54, 1.807) is 6.20 Å². The third kappa shape index (κ3) is 3.73. The van der Waals surface area contributed by atoms with Crippen LogP contribution in [0.5, 0.6) is 0 Å². The van der Waals surface area contributed by atoms with Crippen molar-refractivity contribution in [2.45, 2.75) is 58.4 Å². The summed E-state index contributed by atoms with van der Waals surface area (Å²) in [4.78, 5) is 24.3. The first-order chi connectivity index (χ1) is 16.0. The number of hydrogen-bond donors (Lipinski definition) is 2. The van der Waals surface area contributed by atoms with E-state index in [9.17, 15) is 4.79 Å². The Balaban J connectivity index is 1.64. The summed E-state index contributed by atoms with van der Waals surface area (Å²) in [6.45, 7) is 7.95. The molecule has 1 aromatic carbocycles. The SMILES string of the molecule is CCCC(=O)N1CCC[C@H](c2nc3c(N)nc4cc(-c5ccn[nH]5)ccc4c3n2C(C)C)C1. The summed E-state index contributed by atoms with van der Waals surface area (Å²) >= 11 is 0. The fourth-order valence-electron chi connectivity index (χ4n) is 5.07. The highest BCUT2D eigenvalue weighted by molar-refractivity contribution is 6.07. The number of pyridine rings is 1. The maximum absolute atomic E-state index is 12.6. The number of aromatic amines is 1. The normalized spacial score (nSPS) is 16.8. The van der Waals surface area contributed by atoms with Gasteiger partial charge < -0.3 is 15.2 Å². The summed E-state index contributed by atoms with van der Waals surface area (Å²) in [5.41, 5.74) is 11.0. The van der Waals surface area contributed by atoms with E-state index in [0.29, 0.717) is 18.8 Å². The maximum atomic E-state index is 12.6. The van der Waals surface area contributed by atoms with E-state index < -0.39 is 0 Å². The lowest BCUT2D eigenvalue weighted by Gasteiger charge is -2.33. The Morgan fingerprint density at radius 2 is 2.12 bits per heavy atom. The number of piperidine rings is 1. The van der Waals surface area contributed by atoms with Crippen LogP contribution in [-0.4, -0.2) is 48.6 Å². The molecule has 0 unspecified atom stereocenters. The second kappa shape index (κ2) is 8.50. The van der Waals surface area contributed by atoms with E-state index in [1.165, 1.54) is 0 Å². The number of likely N-dealkylation sites (tertiary alicyclic amines) is 1. The monoisotopic (exact) mass is 445 g/mol. The van der Waals surface area contributed by atoms with Crippen LogP contribution in [0.3, 0.4) is 0 Å². The van der Waals surface area contributed by atoms with Crippen LogP contribution in [0.4, 0.5) is 5.82 Å². The molecule has 8 heteroatoms. The van der Waals surface area contributed by atoms with Crippen LogP contribution in [-0.2, 0) is 4.79 Å². The number of nitrogens with two attached hydrogens (primary N) is 1. The van der Waals surface area contributed by atoms with Crippen molar-refractivity contribution in [1.29, 1.82) is 0 Å². The molecule has 0 saturated carbocycles. The van der Waals surface area contributed by atoms with Crippen LogP contribution < -0.4 is 5.73 Å². The molecule has 4 aromatic rings. The number of nitrogens with zero attached hydrogens (tertiary/aromatic N) is 5. The van der Waals surface area contributed by atoms with Gasteiger partial charge in [0, 0.05) is 48.6 Å². The minimum Gasteiger partial charge on any atom is -0.382 e. The molecule has 33 heavy (non-hydrogen) atoms. The van der Waals surface area contributed by atoms with Gasteiger partial charge in [-0.05, 0) is 51.3 Å². The average molecular weight is 446 g/mol. The van der Waals surface area contributed by atoms with Gasteiger partial charge in [-0.25, -0.2) is 9.97 Å². The number of amides is 1. The lowest BCUT2D eigenvalue weighted by atomic mass is 9.96. The fourth-order valence-corrected chi connectivity index (χ4v) is 5.07. The molecule has 5 rings (SSSR count). The zero-order valence-electron chi connectivity index (χ0n) is 19.5. The second-order valence-corrected chi connectivity index (χ2v) is 9.26. The zero-order valence-corrected chi connectivity index (χ0v) is 19.5. The van der Waals surface area contributed by atoms with Gasteiger partial charge in [0.1, 0.15) is 11.3 Å². The summed E-state index contributed by atoms with van der Waals surface area (Å²) in [6, 6.07) is 8.36. The van der Waals surface area contributed by atoms with Crippen molar-refractivity contribution in [3.05, 3.63) is 36.3 Å². The lowest BCUT2D eigenvalue weighted by Crippen LogP contribution is -2.39. The smallest absolute Gasteiger partial charge is 0.222 e. The largest absolute Gasteiger partial charge is 0.382 e. The van der Waals surface area contributed by atoms with Gasteiger partial charge in [-0.1, -0.05) is 13.0 Å². The van der Waals surface area contributed by atoms with E-state index in [1.807, 2.05) is 17.0 Å². The molecule has 1 aliphatic heterocycles. The molecule has 1 fully saturated rings. The number of benzene rings is 1. The van der Waals surface area contributed by atoms with Crippen LogP contribution in [0.2, 0.25) is 0 Å². The maximum Gasteiger partial charge on any atom is 0.222 e. The number of hydrogen-bond acceptors (Lipinski definition) is 5. The summed E-state index contributed by atoms with van der Waals surface area (Å²) in [5, 5.41) is 8.10. The van der Waals surface area contributed by atoms with E-state index in [4.69, 9.17) is 15.7 Å². The molecule has 1 amide bonds. The molecule has 0 bridgehead atoms. The molecule has 0 spiro atoms. The molecule has 1 saturated heterocycles. The lowest BCUT2D eigenvalue weighted by molar-refractivity contribution is -0.132. The summed E-state index contributed by atoms with van der Waals surface area (Å²) in [5.74, 6) is 1.88. The Labute approximate surface area is 193 Å². The van der Waals surface area contributed by atoms with Crippen LogP contribution in [0, 0.1) is 0 Å². The topological polar surface area (TPSA) is 106 Å². The predicted octanol–water partition coefficient (Wildman–Crippen LogP) is 4.64. The number of fused-ring (bicyclic) bond motifs is 3. The Bertz CT molecular complexity index is 1310. The number of carbonyl (C=O) groups excluding carboxylic acids is 1. The first kappa shape index (κ1) is 21.4. The van der Waals surface area contributed by atoms with Crippen molar-refractivity contribution >= 4 is 33.7 Å². The Hall–Kier alpha value is -3.42. The summed E-state index contributed by atoms with van der Waals surface area (Å²) in [6.07, 6.45) is 5.22. The minimum absolute atomic E-state index is 0.188. The third-order valence-electron chi connectivity index (χ3n) is 6.61. The number of H-pyrrole nitrogens is 1. The van der Waals surface area contributed by atoms with Crippen molar-refractivity contribution in [3.8, 4) is 11.3 Å². The molecule has 1 atom stereocenters. The van der Waals surface area contributed by atoms with Crippen LogP contribution >= 0.6 is 0 Å². The van der Waals surface area contributed by atoms with Gasteiger partial charge in [-0.3, -0.25) is 9.89 Å². The molecular formula is C25H31N7O. The highest BCUT2D eigenvalue weighted by Gasteiger charge is 2.30. The number of nitrogen functional groups attached to an aromatic ring is 1. The number of anilines is 1. The Morgan fingerprint density at radius 1 is 1.27 bits per heavy atom. The number of imidazole rings is 1. The number of carbonyl (C=O) groups is 1. The van der Waals surface area contributed by atoms with Crippen molar-refractivity contribution in [3.63, 3.8) is 0 Å². The van der Waals surface area contributed by atoms with Gasteiger partial charge in [0.2, 0.25) is 5.91 Å². The number of nitrogens with one attached hydrogen (secondary N) is 1. The molecule has 0 aliphatic carbocycles. The first-order valence-corrected chi connectivity index (χ1v) is 11.9. The first-order valence-electron chi connectivity index (χ1n) is 11.9. The molecule has 0 radical (unpaired) electrons. The second-order valence-electron chi connectivity index (χ2n) is 9.26. The van der Waals surface area contributed by atoms with Gasteiger partial charge in [-0.15, -0.1) is 0 Å². The van der Waals surface area contributed by atoms with Crippen LogP contribution in [0.25, 0.3) is 33.2 Å². The van der Waals surface area contributed by atoms with E-state index in [0.717, 1.165) is 64.8 Å². The number of aromatic nitrogens is 5. The molecule has 172 valence electrons. The molecule has 1 aliphatic rings. The molecule has 4 heterocycles. The quantitative estimate of drug-likeness (QED) is 0.465. The van der Waals surface area contributed by atoms with E-state index in [-0.39, 0.29) is 17.9 Å². The minimum atomic E-state index is 0.188. The summed E-state index contributed by atoms with van der Waals surface area (Å²) in [7, 11) is 0. The van der Waals surface area contributed by atoms with Gasteiger partial charge >= 0.3 is 0 Å². The Kier molecular flexibility index (Phi) is 5.52. The standard InChI is InChI=1S/C25H31N7O/c1-4-6-21(33)31-12-5-7-17(14-31)25-29-22-23(32(25)15(2)3)18-9-8-16(19-10-11-27-30-19)13-20(18)28-24(22)26/h8-11,13,15,17H,4-7,12,14H2,1-3H3,(H2,26,28)(H,27,30)/t17-/m0/s1. The van der Waals surface area contributed by atoms with Gasteiger partial charge in [-0.2, -0.15) is 5.10 Å². The van der Waals surface area contributed by atoms with Gasteiger partial charge in [0.25, 0.3) is 0 Å². The molecule has 3 aromatic heterocycles. The highest BCUT2D eigenvalue weighted by Crippen LogP contribution is 2.37. The fraction of sp³-hybridized carbons (Fsp3) is 0.440. The van der Waals surface area contributed by atoms with Crippen molar-refractivity contribution in [2.24, 2.45) is 0 Å². The molecule has 3 N–H and O–H groups in total. The third-order valence-corrected chi connectivity index (χ3v) is 6.61. The number of rotatable bonds is 5. The zero-order chi connectivity index (χ0) is 23.1. The van der Waals surface area contributed by atoms with Gasteiger partial charge in [0.05, 0.1) is 16.7 Å². The van der Waals surface area contributed by atoms with Crippen molar-refractivity contribution in [1.82, 2.24) is 29.6 Å². The molecule has 8 nitrogen and oxygen atoms in total.